The molecule has 0 N–H and O–H groups in total. The Hall–Kier alpha value is -1.18. The highest BCUT2D eigenvalue weighted by atomic mass is 32.2. The van der Waals surface area contributed by atoms with Gasteiger partial charge in [-0.05, 0) is 30.5 Å². The third-order valence-electron chi connectivity index (χ3n) is 7.07. The van der Waals surface area contributed by atoms with Crippen LogP contribution in [-0.4, -0.2) is 49.6 Å². The third kappa shape index (κ3) is 2.23. The predicted octanol–water partition coefficient (Wildman–Crippen LogP) is 2.97. The molecule has 3 aliphatic rings. The minimum atomic E-state index is -3.53. The average Bonchev–Trinajstić information content (AvgIpc) is 3.06. The number of rotatable bonds is 3. The van der Waals surface area contributed by atoms with E-state index in [2.05, 4.69) is 38.4 Å². The van der Waals surface area contributed by atoms with Crippen LogP contribution < -0.4 is 0 Å². The maximum atomic E-state index is 13.1. The first-order valence-corrected chi connectivity index (χ1v) is 13.7. The van der Waals surface area contributed by atoms with Crippen molar-refractivity contribution >= 4 is 24.2 Å². The summed E-state index contributed by atoms with van der Waals surface area (Å²) in [5.74, 6) is 0.0313. The van der Waals surface area contributed by atoms with Gasteiger partial charge in [0, 0.05) is 6.04 Å². The van der Waals surface area contributed by atoms with Crippen LogP contribution in [0.5, 0.6) is 0 Å². The number of hydrogen-bond acceptors (Lipinski definition) is 3. The van der Waals surface area contributed by atoms with Gasteiger partial charge in [-0.1, -0.05) is 51.6 Å². The van der Waals surface area contributed by atoms with Gasteiger partial charge in [0.1, 0.15) is 0 Å². The average molecular weight is 393 g/mol. The van der Waals surface area contributed by atoms with Crippen LogP contribution in [0.1, 0.15) is 32.8 Å². The number of hydrogen-bond donors (Lipinski definition) is 0. The van der Waals surface area contributed by atoms with E-state index in [4.69, 9.17) is 0 Å². The molecule has 5 nitrogen and oxygen atoms in total. The smallest absolute Gasteiger partial charge is 0.243 e. The standard InChI is InChI=1S/C19H28N2O3SSi/c1-12-7-9-13(10-8-12)25(23,24)20-16-14-11-15(17(16)20)21(18(14)22)26(5,6)19(2,3)4/h7-10,14-17H,11H2,1-6H3/t14-,15+,16+,17-,20?/m1/s1. The summed E-state index contributed by atoms with van der Waals surface area (Å²) < 4.78 is 30.0. The van der Waals surface area contributed by atoms with Crippen molar-refractivity contribution in [3.8, 4) is 0 Å². The monoisotopic (exact) mass is 392 g/mol. The van der Waals surface area contributed by atoms with Crippen LogP contribution >= 0.6 is 0 Å². The normalized spacial score (nSPS) is 33.5. The molecular weight excluding hydrogens is 364 g/mol. The maximum Gasteiger partial charge on any atom is 0.243 e. The zero-order valence-corrected chi connectivity index (χ0v) is 18.2. The fraction of sp³-hybridized carbons (Fsp3) is 0.632. The Morgan fingerprint density at radius 2 is 1.65 bits per heavy atom. The Morgan fingerprint density at radius 1 is 1.08 bits per heavy atom. The van der Waals surface area contributed by atoms with Gasteiger partial charge in [-0.15, -0.1) is 0 Å². The predicted molar refractivity (Wildman–Crippen MR) is 104 cm³/mol. The summed E-state index contributed by atoms with van der Waals surface area (Å²) in [7, 11) is -5.54. The minimum absolute atomic E-state index is 0.0295. The van der Waals surface area contributed by atoms with Crippen LogP contribution in [0.3, 0.4) is 0 Å². The molecule has 2 aliphatic heterocycles. The number of sulfonamides is 1. The fourth-order valence-electron chi connectivity index (χ4n) is 4.65. The maximum absolute atomic E-state index is 13.1. The van der Waals surface area contributed by atoms with Crippen molar-refractivity contribution in [1.29, 1.82) is 0 Å². The van der Waals surface area contributed by atoms with Crippen molar-refractivity contribution in [2.45, 2.75) is 75.3 Å². The van der Waals surface area contributed by atoms with E-state index in [9.17, 15) is 13.2 Å². The van der Waals surface area contributed by atoms with Crippen LogP contribution in [0.15, 0.2) is 29.2 Å². The minimum Gasteiger partial charge on any atom is -0.365 e. The Kier molecular flexibility index (Phi) is 3.64. The van der Waals surface area contributed by atoms with Crippen LogP contribution in [0, 0.1) is 12.8 Å². The second-order valence-corrected chi connectivity index (χ2v) is 16.5. The molecular formula is C19H28N2O3SSi. The van der Waals surface area contributed by atoms with E-state index in [0.717, 1.165) is 12.0 Å². The van der Waals surface area contributed by atoms with Crippen LogP contribution in [0.25, 0.3) is 0 Å². The number of nitrogens with zero attached hydrogens (tertiary/aromatic N) is 2. The molecule has 2 saturated heterocycles. The first-order chi connectivity index (χ1) is 11.9. The van der Waals surface area contributed by atoms with Gasteiger partial charge in [-0.3, -0.25) is 4.79 Å². The molecule has 2 bridgehead atoms. The summed E-state index contributed by atoms with van der Waals surface area (Å²) in [5.41, 5.74) is 1.04. The SMILES string of the molecule is Cc1ccc(S(=O)(=O)N2[C@@H]3[C@H]2[C@@H]2C[C@H]3C(=O)N2[Si](C)(C)C(C)(C)C)cc1. The van der Waals surface area contributed by atoms with Gasteiger partial charge in [-0.2, -0.15) is 4.31 Å². The van der Waals surface area contributed by atoms with Gasteiger partial charge < -0.3 is 4.57 Å². The first kappa shape index (κ1) is 18.2. The molecule has 26 heavy (non-hydrogen) atoms. The number of aryl methyl sites for hydroxylation is 1. The van der Waals surface area contributed by atoms with Gasteiger partial charge in [0.05, 0.1) is 22.9 Å². The molecule has 7 heteroatoms. The van der Waals surface area contributed by atoms with Crippen molar-refractivity contribution in [3.05, 3.63) is 29.8 Å². The quantitative estimate of drug-likeness (QED) is 0.587. The Morgan fingerprint density at radius 3 is 2.19 bits per heavy atom. The molecule has 1 aromatic rings. The highest BCUT2D eigenvalue weighted by Crippen LogP contribution is 2.59. The van der Waals surface area contributed by atoms with Crippen molar-refractivity contribution in [1.82, 2.24) is 8.87 Å². The van der Waals surface area contributed by atoms with Crippen molar-refractivity contribution in [3.63, 3.8) is 0 Å². The molecule has 1 aliphatic carbocycles. The number of benzene rings is 1. The van der Waals surface area contributed by atoms with Crippen LogP contribution in [0.4, 0.5) is 0 Å². The molecule has 3 fully saturated rings. The molecule has 2 heterocycles. The lowest BCUT2D eigenvalue weighted by molar-refractivity contribution is -0.129. The highest BCUT2D eigenvalue weighted by Gasteiger charge is 2.75. The number of piperidine rings is 2. The van der Waals surface area contributed by atoms with Gasteiger partial charge in [0.2, 0.25) is 15.9 Å². The molecule has 0 spiro atoms. The van der Waals surface area contributed by atoms with E-state index in [-0.39, 0.29) is 35.0 Å². The highest BCUT2D eigenvalue weighted by molar-refractivity contribution is 7.89. The largest absolute Gasteiger partial charge is 0.365 e. The Bertz CT molecular complexity index is 873. The zero-order chi connectivity index (χ0) is 19.2. The summed E-state index contributed by atoms with van der Waals surface area (Å²) in [6.07, 6.45) is 0.820. The lowest BCUT2D eigenvalue weighted by Gasteiger charge is -2.47. The van der Waals surface area contributed by atoms with Crippen molar-refractivity contribution in [2.75, 3.05) is 0 Å². The van der Waals surface area contributed by atoms with Crippen LogP contribution in [0.2, 0.25) is 18.1 Å². The number of carbonyl (C=O) groups is 1. The summed E-state index contributed by atoms with van der Waals surface area (Å²) in [6, 6.07) is 6.90. The molecule has 142 valence electrons. The molecule has 5 atom stereocenters. The fourth-order valence-corrected chi connectivity index (χ4v) is 9.02. The van der Waals surface area contributed by atoms with E-state index < -0.39 is 18.3 Å². The summed E-state index contributed by atoms with van der Waals surface area (Å²) in [6.45, 7) is 13.0. The molecule has 1 amide bonds. The first-order valence-electron chi connectivity index (χ1n) is 9.32. The van der Waals surface area contributed by atoms with E-state index in [1.807, 2.05) is 19.1 Å². The Balaban J connectivity index is 1.66. The van der Waals surface area contributed by atoms with Gasteiger partial charge in [0.15, 0.2) is 8.24 Å². The third-order valence-corrected chi connectivity index (χ3v) is 14.4. The molecule has 1 saturated carbocycles. The van der Waals surface area contributed by atoms with E-state index in [1.54, 1.807) is 16.4 Å². The number of carbonyl (C=O) groups excluding carboxylic acids is 1. The van der Waals surface area contributed by atoms with Gasteiger partial charge >= 0.3 is 0 Å². The Labute approximate surface area is 157 Å². The lowest BCUT2D eigenvalue weighted by Crippen LogP contribution is -2.61. The number of fused-ring (bicyclic) bond motifs is 5. The molecule has 1 aromatic carbocycles. The van der Waals surface area contributed by atoms with E-state index in [1.165, 1.54) is 0 Å². The summed E-state index contributed by atoms with van der Waals surface area (Å²) in [4.78, 5) is 13.4. The second kappa shape index (κ2) is 5.20. The molecule has 0 radical (unpaired) electrons. The van der Waals surface area contributed by atoms with Crippen LogP contribution in [-0.2, 0) is 14.8 Å². The number of amides is 1. The van der Waals surface area contributed by atoms with Gasteiger partial charge in [0.25, 0.3) is 0 Å². The summed E-state index contributed by atoms with van der Waals surface area (Å²) >= 11 is 0. The second-order valence-electron chi connectivity index (χ2n) is 9.56. The van der Waals surface area contributed by atoms with Crippen molar-refractivity contribution < 1.29 is 13.2 Å². The molecule has 0 aromatic heterocycles. The zero-order valence-electron chi connectivity index (χ0n) is 16.4. The molecule has 4 rings (SSSR count). The topological polar surface area (TPSA) is 57.5 Å². The van der Waals surface area contributed by atoms with Gasteiger partial charge in [-0.25, -0.2) is 8.42 Å². The molecule has 1 unspecified atom stereocenters. The van der Waals surface area contributed by atoms with E-state index >= 15 is 0 Å². The van der Waals surface area contributed by atoms with E-state index in [0.29, 0.717) is 4.90 Å². The lowest BCUT2D eigenvalue weighted by atomic mass is 10.1. The summed E-state index contributed by atoms with van der Waals surface area (Å²) in [5, 5.41) is 0.0538. The van der Waals surface area contributed by atoms with Crippen molar-refractivity contribution in [2.24, 2.45) is 5.92 Å².